The van der Waals surface area contributed by atoms with Crippen LogP contribution < -0.4 is 5.32 Å². The first-order valence-electron chi connectivity index (χ1n) is 7.76. The molecule has 1 N–H and O–H groups in total. The van der Waals surface area contributed by atoms with Crippen LogP contribution in [0.5, 0.6) is 0 Å². The number of fused-ring (bicyclic) bond motifs is 1. The molecule has 23 heavy (non-hydrogen) atoms. The Morgan fingerprint density at radius 3 is 3.13 bits per heavy atom. The molecule has 0 saturated carbocycles. The van der Waals surface area contributed by atoms with Crippen LogP contribution in [-0.2, 0) is 11.8 Å². The highest BCUT2D eigenvalue weighted by Gasteiger charge is 2.26. The number of imidazole rings is 1. The zero-order valence-electron chi connectivity index (χ0n) is 13.2. The number of aromatic nitrogens is 4. The van der Waals surface area contributed by atoms with Crippen LogP contribution in [0.25, 0.3) is 10.2 Å². The molecule has 1 aliphatic rings. The van der Waals surface area contributed by atoms with Gasteiger partial charge in [0.05, 0.1) is 23.6 Å². The molecule has 4 heterocycles. The van der Waals surface area contributed by atoms with Crippen molar-refractivity contribution in [1.29, 1.82) is 0 Å². The molecule has 0 unspecified atom stereocenters. The summed E-state index contributed by atoms with van der Waals surface area (Å²) in [6.45, 7) is 2.84. The zero-order valence-corrected chi connectivity index (χ0v) is 14.0. The molecule has 0 amide bonds. The summed E-state index contributed by atoms with van der Waals surface area (Å²) in [5, 5.41) is 4.70. The highest BCUT2D eigenvalue weighted by atomic mass is 32.1. The lowest BCUT2D eigenvalue weighted by Gasteiger charge is -2.30. The number of nitrogens with zero attached hydrogens (tertiary/aromatic N) is 4. The molecule has 1 aliphatic heterocycles. The monoisotopic (exact) mass is 329 g/mol. The summed E-state index contributed by atoms with van der Waals surface area (Å²) in [6, 6.07) is 2.49. The molecule has 2 atom stereocenters. The lowest BCUT2D eigenvalue weighted by molar-refractivity contribution is 0.00556. The summed E-state index contributed by atoms with van der Waals surface area (Å²) >= 11 is 1.70. The molecule has 1 fully saturated rings. The molecule has 0 radical (unpaired) electrons. The van der Waals surface area contributed by atoms with Crippen molar-refractivity contribution in [2.45, 2.75) is 31.9 Å². The second-order valence-electron chi connectivity index (χ2n) is 5.95. The van der Waals surface area contributed by atoms with Crippen LogP contribution >= 0.6 is 11.3 Å². The van der Waals surface area contributed by atoms with Gasteiger partial charge in [-0.15, -0.1) is 11.3 Å². The van der Waals surface area contributed by atoms with Gasteiger partial charge >= 0.3 is 0 Å². The third-order valence-electron chi connectivity index (χ3n) is 4.26. The van der Waals surface area contributed by atoms with E-state index in [0.717, 1.165) is 41.2 Å². The van der Waals surface area contributed by atoms with E-state index in [1.807, 2.05) is 24.1 Å². The summed E-state index contributed by atoms with van der Waals surface area (Å²) in [6.07, 6.45) is 7.31. The van der Waals surface area contributed by atoms with Crippen LogP contribution in [-0.4, -0.2) is 32.2 Å². The van der Waals surface area contributed by atoms with E-state index in [1.54, 1.807) is 17.7 Å². The fourth-order valence-corrected chi connectivity index (χ4v) is 3.94. The van der Waals surface area contributed by atoms with E-state index in [4.69, 9.17) is 4.74 Å². The molecular weight excluding hydrogens is 310 g/mol. The van der Waals surface area contributed by atoms with Crippen LogP contribution in [0.15, 0.2) is 24.9 Å². The number of nitrogens with one attached hydrogen (secondary N) is 1. The van der Waals surface area contributed by atoms with E-state index >= 15 is 0 Å². The second kappa shape index (κ2) is 5.90. The van der Waals surface area contributed by atoms with Crippen molar-refractivity contribution < 1.29 is 4.74 Å². The van der Waals surface area contributed by atoms with E-state index < -0.39 is 0 Å². The summed E-state index contributed by atoms with van der Waals surface area (Å²) < 4.78 is 7.96. The van der Waals surface area contributed by atoms with Crippen molar-refractivity contribution in [2.75, 3.05) is 11.9 Å². The van der Waals surface area contributed by atoms with Crippen molar-refractivity contribution in [3.05, 3.63) is 35.5 Å². The van der Waals surface area contributed by atoms with Crippen LogP contribution in [0.2, 0.25) is 0 Å². The first kappa shape index (κ1) is 14.6. The average Bonchev–Trinajstić information content (AvgIpc) is 3.13. The van der Waals surface area contributed by atoms with Gasteiger partial charge in [-0.2, -0.15) is 0 Å². The van der Waals surface area contributed by atoms with Gasteiger partial charge in [0.1, 0.15) is 23.1 Å². The normalized spacial score (nSPS) is 21.7. The van der Waals surface area contributed by atoms with Crippen LogP contribution in [0.1, 0.15) is 29.5 Å². The predicted octanol–water partition coefficient (Wildman–Crippen LogP) is 3.07. The van der Waals surface area contributed by atoms with Crippen molar-refractivity contribution in [2.24, 2.45) is 7.05 Å². The quantitative estimate of drug-likeness (QED) is 0.800. The standard InChI is InChI=1S/C16H19N5OS/c1-10-5-12-15(18-8-19-16(12)23-10)20-11-3-4-22-14(6-11)13-7-17-9-21(13)2/h5,7-9,11,14H,3-4,6H2,1-2H3,(H,18,19,20)/t11-,14-/m0/s1. The Morgan fingerprint density at radius 2 is 2.30 bits per heavy atom. The van der Waals surface area contributed by atoms with Crippen molar-refractivity contribution >= 4 is 27.4 Å². The summed E-state index contributed by atoms with van der Waals surface area (Å²) in [5.74, 6) is 0.926. The van der Waals surface area contributed by atoms with Crippen molar-refractivity contribution in [1.82, 2.24) is 19.5 Å². The van der Waals surface area contributed by atoms with E-state index in [0.29, 0.717) is 6.04 Å². The topological polar surface area (TPSA) is 64.9 Å². The Hall–Kier alpha value is -1.99. The number of hydrogen-bond donors (Lipinski definition) is 1. The summed E-state index contributed by atoms with van der Waals surface area (Å²) in [7, 11) is 2.00. The SMILES string of the molecule is Cc1cc2c(N[C@H]3CCO[C@H](c4cncn4C)C3)ncnc2s1. The van der Waals surface area contributed by atoms with E-state index in [2.05, 4.69) is 33.3 Å². The number of hydrogen-bond acceptors (Lipinski definition) is 6. The molecule has 0 spiro atoms. The van der Waals surface area contributed by atoms with E-state index in [-0.39, 0.29) is 6.10 Å². The van der Waals surface area contributed by atoms with E-state index in [9.17, 15) is 0 Å². The first-order chi connectivity index (χ1) is 11.2. The third kappa shape index (κ3) is 2.82. The maximum Gasteiger partial charge on any atom is 0.138 e. The third-order valence-corrected chi connectivity index (χ3v) is 5.22. The number of aryl methyl sites for hydroxylation is 2. The van der Waals surface area contributed by atoms with Gasteiger partial charge in [-0.3, -0.25) is 0 Å². The van der Waals surface area contributed by atoms with Gasteiger partial charge in [-0.05, 0) is 25.8 Å². The van der Waals surface area contributed by atoms with Gasteiger partial charge in [-0.25, -0.2) is 15.0 Å². The summed E-state index contributed by atoms with van der Waals surface area (Å²) in [5.41, 5.74) is 1.12. The number of rotatable bonds is 3. The maximum absolute atomic E-state index is 5.93. The first-order valence-corrected chi connectivity index (χ1v) is 8.58. The smallest absolute Gasteiger partial charge is 0.138 e. The number of anilines is 1. The maximum atomic E-state index is 5.93. The minimum Gasteiger partial charge on any atom is -0.372 e. The summed E-state index contributed by atoms with van der Waals surface area (Å²) in [4.78, 5) is 15.3. The Bertz CT molecular complexity index is 827. The minimum atomic E-state index is 0.0790. The molecule has 6 nitrogen and oxygen atoms in total. The molecule has 0 bridgehead atoms. The Labute approximate surface area is 138 Å². The average molecular weight is 329 g/mol. The van der Waals surface area contributed by atoms with Gasteiger partial charge in [0.25, 0.3) is 0 Å². The lowest BCUT2D eigenvalue weighted by Crippen LogP contribution is -2.31. The molecule has 3 aromatic heterocycles. The largest absolute Gasteiger partial charge is 0.372 e. The van der Waals surface area contributed by atoms with Crippen molar-refractivity contribution in [3.63, 3.8) is 0 Å². The Balaban J connectivity index is 1.55. The van der Waals surface area contributed by atoms with Gasteiger partial charge in [0, 0.05) is 24.6 Å². The fourth-order valence-electron chi connectivity index (χ4n) is 3.10. The number of thiophene rings is 1. The Kier molecular flexibility index (Phi) is 3.74. The van der Waals surface area contributed by atoms with Crippen molar-refractivity contribution in [3.8, 4) is 0 Å². The Morgan fingerprint density at radius 1 is 1.39 bits per heavy atom. The highest BCUT2D eigenvalue weighted by molar-refractivity contribution is 7.18. The van der Waals surface area contributed by atoms with Gasteiger partial charge in [0.15, 0.2) is 0 Å². The van der Waals surface area contributed by atoms with Crippen LogP contribution in [0.4, 0.5) is 5.82 Å². The molecule has 1 saturated heterocycles. The van der Waals surface area contributed by atoms with Gasteiger partial charge in [-0.1, -0.05) is 0 Å². The van der Waals surface area contributed by atoms with Gasteiger partial charge in [0.2, 0.25) is 0 Å². The van der Waals surface area contributed by atoms with Crippen LogP contribution in [0.3, 0.4) is 0 Å². The molecule has 0 aliphatic carbocycles. The molecule has 0 aromatic carbocycles. The predicted molar refractivity (Wildman–Crippen MR) is 90.7 cm³/mol. The number of ether oxygens (including phenoxy) is 1. The lowest BCUT2D eigenvalue weighted by atomic mass is 10.0. The fraction of sp³-hybridized carbons (Fsp3) is 0.438. The molecule has 4 rings (SSSR count). The second-order valence-corrected chi connectivity index (χ2v) is 7.19. The van der Waals surface area contributed by atoms with Gasteiger partial charge < -0.3 is 14.6 Å². The molecule has 7 heteroatoms. The van der Waals surface area contributed by atoms with E-state index in [1.165, 1.54) is 4.88 Å². The molecule has 3 aromatic rings. The minimum absolute atomic E-state index is 0.0790. The zero-order chi connectivity index (χ0) is 15.8. The molecule has 120 valence electrons. The molecular formula is C16H19N5OS. The highest BCUT2D eigenvalue weighted by Crippen LogP contribution is 2.32. The van der Waals surface area contributed by atoms with Crippen LogP contribution in [0, 0.1) is 6.92 Å².